The number of aryl methyl sites for hydroxylation is 2. The van der Waals surface area contributed by atoms with Crippen LogP contribution in [0.5, 0.6) is 0 Å². The van der Waals surface area contributed by atoms with Crippen molar-refractivity contribution in [1.29, 1.82) is 5.26 Å². The molecule has 1 unspecified atom stereocenters. The maximum absolute atomic E-state index is 12.7. The molecular weight excluding hydrogens is 320 g/mol. The lowest BCUT2D eigenvalue weighted by molar-refractivity contribution is 0.0969. The zero-order valence-electron chi connectivity index (χ0n) is 12.9. The fraction of sp³-hybridized carbons (Fsp3) is 0.467. The van der Waals surface area contributed by atoms with Crippen LogP contribution >= 0.6 is 22.9 Å². The smallest absolute Gasteiger partial charge is 0.206 e. The third-order valence-corrected chi connectivity index (χ3v) is 4.72. The van der Waals surface area contributed by atoms with E-state index < -0.39 is 5.92 Å². The lowest BCUT2D eigenvalue weighted by atomic mass is 10.0. The van der Waals surface area contributed by atoms with Gasteiger partial charge in [0.15, 0.2) is 5.92 Å². The van der Waals surface area contributed by atoms with E-state index in [2.05, 4.69) is 10.1 Å². The highest BCUT2D eigenvalue weighted by molar-refractivity contribution is 7.10. The zero-order chi connectivity index (χ0) is 16.4. The number of thiazole rings is 1. The van der Waals surface area contributed by atoms with Gasteiger partial charge in [0, 0.05) is 12.4 Å². The Labute approximate surface area is 138 Å². The number of rotatable bonds is 5. The van der Waals surface area contributed by atoms with Gasteiger partial charge >= 0.3 is 0 Å². The summed E-state index contributed by atoms with van der Waals surface area (Å²) >= 11 is 7.57. The van der Waals surface area contributed by atoms with E-state index in [1.54, 1.807) is 7.05 Å². The highest BCUT2D eigenvalue weighted by Crippen LogP contribution is 2.30. The Bertz CT molecular complexity index is 741. The molecule has 0 radical (unpaired) electrons. The van der Waals surface area contributed by atoms with E-state index in [0.29, 0.717) is 22.1 Å². The van der Waals surface area contributed by atoms with E-state index in [1.807, 2.05) is 32.2 Å². The molecule has 0 spiro atoms. The molecule has 0 aliphatic heterocycles. The summed E-state index contributed by atoms with van der Waals surface area (Å²) in [5.74, 6) is -1.05. The van der Waals surface area contributed by atoms with Crippen LogP contribution in [-0.4, -0.2) is 20.5 Å². The van der Waals surface area contributed by atoms with Crippen molar-refractivity contribution in [3.8, 4) is 6.07 Å². The number of nitrogens with zero attached hydrogens (tertiary/aromatic N) is 4. The predicted octanol–water partition coefficient (Wildman–Crippen LogP) is 3.71. The third kappa shape index (κ3) is 2.92. The molecule has 0 saturated heterocycles. The Morgan fingerprint density at radius 1 is 1.55 bits per heavy atom. The molecule has 7 heteroatoms. The van der Waals surface area contributed by atoms with Gasteiger partial charge in [-0.2, -0.15) is 10.4 Å². The third-order valence-electron chi connectivity index (χ3n) is 3.39. The molecule has 5 nitrogen and oxygen atoms in total. The van der Waals surface area contributed by atoms with Crippen molar-refractivity contribution in [1.82, 2.24) is 14.8 Å². The van der Waals surface area contributed by atoms with Crippen LogP contribution < -0.4 is 0 Å². The number of carbonyl (C=O) groups excluding carboxylic acids is 1. The van der Waals surface area contributed by atoms with E-state index in [0.717, 1.165) is 5.69 Å². The molecule has 0 fully saturated rings. The fourth-order valence-electron chi connectivity index (χ4n) is 2.11. The van der Waals surface area contributed by atoms with E-state index in [4.69, 9.17) is 11.6 Å². The molecule has 0 aliphatic carbocycles. The molecule has 22 heavy (non-hydrogen) atoms. The average molecular weight is 337 g/mol. The van der Waals surface area contributed by atoms with Gasteiger partial charge in [0.25, 0.3) is 0 Å². The first kappa shape index (κ1) is 16.7. The highest BCUT2D eigenvalue weighted by atomic mass is 35.5. The zero-order valence-corrected chi connectivity index (χ0v) is 14.5. The van der Waals surface area contributed by atoms with Gasteiger partial charge in [0.1, 0.15) is 10.7 Å². The molecule has 0 saturated carbocycles. The maximum Gasteiger partial charge on any atom is 0.206 e. The van der Waals surface area contributed by atoms with Crippen molar-refractivity contribution in [2.24, 2.45) is 7.05 Å². The quantitative estimate of drug-likeness (QED) is 0.780. The van der Waals surface area contributed by atoms with Crippen LogP contribution in [0.15, 0.2) is 5.38 Å². The SMILES string of the molecule is CCc1nn(C)c(C(=O)C(C#N)c2nc(C(C)C)cs2)c1Cl. The summed E-state index contributed by atoms with van der Waals surface area (Å²) in [6.07, 6.45) is 0.631. The fourth-order valence-corrected chi connectivity index (χ4v) is 3.52. The largest absolute Gasteiger partial charge is 0.290 e. The lowest BCUT2D eigenvalue weighted by Crippen LogP contribution is -2.15. The van der Waals surface area contributed by atoms with Crippen LogP contribution in [-0.2, 0) is 13.5 Å². The summed E-state index contributed by atoms with van der Waals surface area (Å²) in [5, 5.41) is 16.4. The van der Waals surface area contributed by atoms with E-state index >= 15 is 0 Å². The standard InChI is InChI=1S/C15H17ClN4OS/c1-5-10-12(16)13(20(4)19-10)14(21)9(6-17)15-18-11(7-22-15)8(2)3/h7-9H,5H2,1-4H3. The second kappa shape index (κ2) is 6.59. The Morgan fingerprint density at radius 3 is 2.68 bits per heavy atom. The molecule has 2 aromatic rings. The summed E-state index contributed by atoms with van der Waals surface area (Å²) in [7, 11) is 1.66. The summed E-state index contributed by atoms with van der Waals surface area (Å²) in [4.78, 5) is 17.1. The van der Waals surface area contributed by atoms with Crippen LogP contribution in [0.25, 0.3) is 0 Å². The van der Waals surface area contributed by atoms with Crippen molar-refractivity contribution < 1.29 is 4.79 Å². The number of carbonyl (C=O) groups is 1. The first-order chi connectivity index (χ1) is 10.4. The highest BCUT2D eigenvalue weighted by Gasteiger charge is 2.30. The van der Waals surface area contributed by atoms with Gasteiger partial charge in [0.2, 0.25) is 5.78 Å². The molecule has 0 bridgehead atoms. The molecule has 0 amide bonds. The minimum absolute atomic E-state index is 0.256. The molecule has 1 atom stereocenters. The molecule has 2 aromatic heterocycles. The Hall–Kier alpha value is -1.71. The topological polar surface area (TPSA) is 71.6 Å². The number of halogens is 1. The maximum atomic E-state index is 12.7. The molecule has 2 rings (SSSR count). The van der Waals surface area contributed by atoms with Crippen LogP contribution in [0, 0.1) is 11.3 Å². The van der Waals surface area contributed by atoms with Crippen molar-refractivity contribution in [3.63, 3.8) is 0 Å². The predicted molar refractivity (Wildman–Crippen MR) is 86.5 cm³/mol. The summed E-state index contributed by atoms with van der Waals surface area (Å²) < 4.78 is 1.45. The van der Waals surface area contributed by atoms with Crippen LogP contribution in [0.1, 0.15) is 59.5 Å². The van der Waals surface area contributed by atoms with Crippen molar-refractivity contribution in [2.45, 2.75) is 39.0 Å². The first-order valence-corrected chi connectivity index (χ1v) is 8.26. The number of Topliss-reactive ketones (excluding diaryl/α,β-unsaturated/α-hetero) is 1. The minimum atomic E-state index is -0.949. The Morgan fingerprint density at radius 2 is 2.23 bits per heavy atom. The monoisotopic (exact) mass is 336 g/mol. The van der Waals surface area contributed by atoms with Crippen LogP contribution in [0.4, 0.5) is 0 Å². The van der Waals surface area contributed by atoms with Gasteiger partial charge in [-0.1, -0.05) is 32.4 Å². The number of aromatic nitrogens is 3. The van der Waals surface area contributed by atoms with Crippen molar-refractivity contribution >= 4 is 28.7 Å². The second-order valence-corrected chi connectivity index (χ2v) is 6.55. The van der Waals surface area contributed by atoms with Gasteiger partial charge in [-0.15, -0.1) is 11.3 Å². The van der Waals surface area contributed by atoms with Gasteiger partial charge < -0.3 is 0 Å². The van der Waals surface area contributed by atoms with E-state index in [1.165, 1.54) is 16.0 Å². The van der Waals surface area contributed by atoms with Gasteiger partial charge in [0.05, 0.1) is 22.5 Å². The van der Waals surface area contributed by atoms with E-state index in [-0.39, 0.29) is 17.4 Å². The lowest BCUT2D eigenvalue weighted by Gasteiger charge is -2.06. The Balaban J connectivity index is 2.41. The summed E-state index contributed by atoms with van der Waals surface area (Å²) in [6.45, 7) is 5.96. The normalized spacial score (nSPS) is 12.4. The van der Waals surface area contributed by atoms with Gasteiger partial charge in [-0.3, -0.25) is 9.48 Å². The van der Waals surface area contributed by atoms with Gasteiger partial charge in [-0.25, -0.2) is 4.98 Å². The summed E-state index contributed by atoms with van der Waals surface area (Å²) in [5.41, 5.74) is 1.82. The molecule has 2 heterocycles. The second-order valence-electron chi connectivity index (χ2n) is 5.28. The molecule has 0 N–H and O–H groups in total. The number of nitriles is 1. The molecule has 0 aliphatic rings. The van der Waals surface area contributed by atoms with Crippen LogP contribution in [0.2, 0.25) is 5.02 Å². The number of hydrogen-bond donors (Lipinski definition) is 0. The van der Waals surface area contributed by atoms with Crippen LogP contribution in [0.3, 0.4) is 0 Å². The average Bonchev–Trinajstić information content (AvgIpc) is 3.05. The molecular formula is C15H17ClN4OS. The first-order valence-electron chi connectivity index (χ1n) is 7.01. The molecule has 0 aromatic carbocycles. The van der Waals surface area contributed by atoms with Crippen molar-refractivity contribution in [2.75, 3.05) is 0 Å². The number of ketones is 1. The minimum Gasteiger partial charge on any atom is -0.290 e. The van der Waals surface area contributed by atoms with Gasteiger partial charge in [-0.05, 0) is 12.3 Å². The van der Waals surface area contributed by atoms with Crippen molar-refractivity contribution in [3.05, 3.63) is 32.5 Å². The number of hydrogen-bond acceptors (Lipinski definition) is 5. The molecule has 116 valence electrons. The Kier molecular flexibility index (Phi) is 4.99. The summed E-state index contributed by atoms with van der Waals surface area (Å²) in [6, 6.07) is 2.05. The van der Waals surface area contributed by atoms with E-state index in [9.17, 15) is 10.1 Å².